The average molecular weight is 817 g/mol. The van der Waals surface area contributed by atoms with E-state index in [2.05, 4.69) is 10.6 Å². The van der Waals surface area contributed by atoms with E-state index in [9.17, 15) is 23.7 Å². The van der Waals surface area contributed by atoms with Crippen LogP contribution in [0.4, 0.5) is 5.69 Å². The summed E-state index contributed by atoms with van der Waals surface area (Å²) in [5.74, 6) is -1.20. The molecule has 3 atom stereocenters. The number of ether oxygens (including phenoxy) is 2. The smallest absolute Gasteiger partial charge is 0.363 e. The molecule has 310 valence electrons. The fourth-order valence-corrected chi connectivity index (χ4v) is 7.94. The summed E-state index contributed by atoms with van der Waals surface area (Å²) < 4.78 is 37.1. The molecule has 0 aliphatic carbocycles. The van der Waals surface area contributed by atoms with Crippen LogP contribution >= 0.6 is 7.37 Å². The number of rotatable bonds is 21. The zero-order valence-corrected chi connectivity index (χ0v) is 34.6. The highest BCUT2D eigenvalue weighted by molar-refractivity contribution is 7.66. The molecule has 0 saturated heterocycles. The second-order valence-electron chi connectivity index (χ2n) is 14.0. The number of fused-ring (bicyclic) bond motifs is 1. The maximum absolute atomic E-state index is 13.8. The first kappa shape index (κ1) is 43.5. The van der Waals surface area contributed by atoms with Gasteiger partial charge < -0.3 is 38.8 Å². The van der Waals surface area contributed by atoms with Crippen LogP contribution in [0.25, 0.3) is 11.3 Å². The molecule has 15 heteroatoms. The van der Waals surface area contributed by atoms with E-state index < -0.39 is 37.1 Å². The predicted octanol–water partition coefficient (Wildman–Crippen LogP) is 6.93. The van der Waals surface area contributed by atoms with Gasteiger partial charge in [0, 0.05) is 24.6 Å². The van der Waals surface area contributed by atoms with Crippen LogP contribution in [0.1, 0.15) is 79.4 Å². The quantitative estimate of drug-likeness (QED) is 0.0294. The van der Waals surface area contributed by atoms with Crippen molar-refractivity contribution in [3.8, 4) is 22.8 Å². The van der Waals surface area contributed by atoms with Gasteiger partial charge in [0.15, 0.2) is 5.76 Å². The van der Waals surface area contributed by atoms with Crippen molar-refractivity contribution in [1.82, 2.24) is 15.7 Å². The number of hydroxylamine groups is 2. The van der Waals surface area contributed by atoms with Crippen molar-refractivity contribution in [2.45, 2.75) is 65.5 Å². The topological polar surface area (TPSA) is 166 Å². The summed E-state index contributed by atoms with van der Waals surface area (Å²) in [6, 6.07) is 21.8. The second kappa shape index (κ2) is 20.7. The summed E-state index contributed by atoms with van der Waals surface area (Å²) >= 11 is 0. The number of nitrogens with one attached hydrogen (secondary N) is 2. The first-order chi connectivity index (χ1) is 28.0. The standard InChI is InChI=1S/C43H53N4O10P/c1-6-9-11-16-35(36(7-2)47(29-48)57-43(51)31-17-18-37-40(25-31)54-22-21-46(37)4)41(49)44-28-45-42(50)39-20-19-38(56-39)32-23-33(53-8-3)26-34(24-32)58(5,52)55-27-30-14-12-10-13-15-30/h10,12-15,17-20,23-26,29,35-36H,6-9,11,16,21-22,27-28H2,1-5H3,(H,44,49)(H,45,50)/t35-,36-,58?/m1/s1. The molecule has 0 saturated carbocycles. The van der Waals surface area contributed by atoms with Gasteiger partial charge in [0.2, 0.25) is 19.7 Å². The van der Waals surface area contributed by atoms with Crippen molar-refractivity contribution in [3.05, 3.63) is 95.7 Å². The molecule has 3 aromatic carbocycles. The number of hydrogen-bond acceptors (Lipinski definition) is 11. The molecule has 0 fully saturated rings. The van der Waals surface area contributed by atoms with Gasteiger partial charge in [0.05, 0.1) is 49.6 Å². The van der Waals surface area contributed by atoms with Crippen molar-refractivity contribution in [2.24, 2.45) is 5.92 Å². The number of furan rings is 1. The predicted molar refractivity (Wildman–Crippen MR) is 220 cm³/mol. The van der Waals surface area contributed by atoms with Crippen molar-refractivity contribution in [3.63, 3.8) is 0 Å². The van der Waals surface area contributed by atoms with Crippen molar-refractivity contribution in [2.75, 3.05) is 45.0 Å². The lowest BCUT2D eigenvalue weighted by atomic mass is 9.90. The third-order valence-electron chi connectivity index (χ3n) is 9.87. The van der Waals surface area contributed by atoms with E-state index in [1.807, 2.05) is 56.1 Å². The molecule has 1 aliphatic rings. The fourth-order valence-electron chi connectivity index (χ4n) is 6.66. The number of nitrogens with zero attached hydrogens (tertiary/aromatic N) is 2. The maximum Gasteiger partial charge on any atom is 0.363 e. The van der Waals surface area contributed by atoms with Crippen molar-refractivity contribution < 1.29 is 47.0 Å². The molecule has 0 radical (unpaired) electrons. The molecular formula is C43H53N4O10P. The molecule has 4 aromatic rings. The highest BCUT2D eigenvalue weighted by Crippen LogP contribution is 2.44. The SMILES string of the molecule is CCCCC[C@@H](C(=O)NCNC(=O)c1ccc(-c2cc(OCC)cc(P(C)(=O)OCc3ccccc3)c2)o1)[C@@H](CC)N(C=O)OC(=O)c1ccc2c(c1)OCCN2C. The minimum absolute atomic E-state index is 0.0168. The van der Waals surface area contributed by atoms with Gasteiger partial charge in [-0.3, -0.25) is 18.9 Å². The molecule has 0 spiro atoms. The molecule has 58 heavy (non-hydrogen) atoms. The van der Waals surface area contributed by atoms with E-state index in [-0.39, 0.29) is 24.6 Å². The van der Waals surface area contributed by atoms with Gasteiger partial charge in [-0.25, -0.2) is 4.79 Å². The monoisotopic (exact) mass is 816 g/mol. The Labute approximate surface area is 339 Å². The van der Waals surface area contributed by atoms with E-state index in [4.69, 9.17) is 23.3 Å². The van der Waals surface area contributed by atoms with Gasteiger partial charge in [-0.15, -0.1) is 0 Å². The Morgan fingerprint density at radius 2 is 1.78 bits per heavy atom. The molecule has 3 amide bonds. The van der Waals surface area contributed by atoms with Crippen LogP contribution in [0.5, 0.6) is 11.5 Å². The largest absolute Gasteiger partial charge is 0.494 e. The second-order valence-corrected chi connectivity index (χ2v) is 16.5. The van der Waals surface area contributed by atoms with E-state index >= 15 is 0 Å². The number of benzene rings is 3. The van der Waals surface area contributed by atoms with Crippen LogP contribution in [0, 0.1) is 5.92 Å². The van der Waals surface area contributed by atoms with E-state index in [1.54, 1.807) is 56.1 Å². The Bertz CT molecular complexity index is 2070. The number of carbonyl (C=O) groups is 4. The zero-order valence-electron chi connectivity index (χ0n) is 33.7. The third-order valence-corrected chi connectivity index (χ3v) is 11.7. The van der Waals surface area contributed by atoms with E-state index in [0.717, 1.165) is 29.2 Å². The molecule has 0 bridgehead atoms. The third kappa shape index (κ3) is 11.3. The lowest BCUT2D eigenvalue weighted by molar-refractivity contribution is -0.171. The van der Waals surface area contributed by atoms with Gasteiger partial charge >= 0.3 is 5.97 Å². The van der Waals surface area contributed by atoms with Crippen LogP contribution in [0.2, 0.25) is 0 Å². The molecule has 1 aromatic heterocycles. The van der Waals surface area contributed by atoms with Gasteiger partial charge in [-0.05, 0) is 73.9 Å². The number of anilines is 1. The summed E-state index contributed by atoms with van der Waals surface area (Å²) in [5, 5.41) is 6.76. The molecular weight excluding hydrogens is 763 g/mol. The van der Waals surface area contributed by atoms with Crippen molar-refractivity contribution >= 4 is 42.6 Å². The molecule has 2 N–H and O–H groups in total. The summed E-state index contributed by atoms with van der Waals surface area (Å²) in [7, 11) is -1.37. The minimum atomic E-state index is -3.30. The molecule has 1 aliphatic heterocycles. The number of unbranched alkanes of at least 4 members (excludes halogenated alkanes) is 2. The van der Waals surface area contributed by atoms with Crippen LogP contribution < -0.4 is 30.3 Å². The highest BCUT2D eigenvalue weighted by Gasteiger charge is 2.34. The number of carbonyl (C=O) groups excluding carboxylic acids is 4. The Morgan fingerprint density at radius 3 is 2.50 bits per heavy atom. The minimum Gasteiger partial charge on any atom is -0.494 e. The van der Waals surface area contributed by atoms with Crippen LogP contribution in [-0.2, 0) is 30.1 Å². The van der Waals surface area contributed by atoms with Gasteiger partial charge in [0.1, 0.15) is 23.9 Å². The summed E-state index contributed by atoms with van der Waals surface area (Å²) in [6.45, 7) is 8.72. The fraction of sp³-hybridized carbons (Fsp3) is 0.395. The molecule has 1 unspecified atom stereocenters. The number of hydrogen-bond donors (Lipinski definition) is 2. The Morgan fingerprint density at radius 1 is 0.983 bits per heavy atom. The van der Waals surface area contributed by atoms with Gasteiger partial charge in [-0.2, -0.15) is 5.06 Å². The molecule has 5 rings (SSSR count). The van der Waals surface area contributed by atoms with Crippen LogP contribution in [0.15, 0.2) is 83.3 Å². The molecule has 14 nitrogen and oxygen atoms in total. The Hall–Kier alpha value is -5.59. The maximum atomic E-state index is 13.8. The lowest BCUT2D eigenvalue weighted by Gasteiger charge is -2.32. The summed E-state index contributed by atoms with van der Waals surface area (Å²) in [6.07, 6.45) is 3.60. The van der Waals surface area contributed by atoms with Crippen LogP contribution in [0.3, 0.4) is 0 Å². The Balaban J connectivity index is 1.23. The van der Waals surface area contributed by atoms with E-state index in [1.165, 1.54) is 6.07 Å². The number of amides is 3. The Kier molecular flexibility index (Phi) is 15.5. The summed E-state index contributed by atoms with van der Waals surface area (Å²) in [4.78, 5) is 60.1. The van der Waals surface area contributed by atoms with Crippen LogP contribution in [-0.4, -0.2) is 75.4 Å². The zero-order chi connectivity index (χ0) is 41.7. The first-order valence-electron chi connectivity index (χ1n) is 19.6. The number of likely N-dealkylation sites (N-methyl/N-ethyl adjacent to an activating group) is 1. The normalized spacial score (nSPS) is 14.2. The lowest BCUT2D eigenvalue weighted by Crippen LogP contribution is -2.49. The first-order valence-corrected chi connectivity index (χ1v) is 21.7. The van der Waals surface area contributed by atoms with E-state index in [0.29, 0.717) is 73.6 Å². The molecule has 2 heterocycles. The van der Waals surface area contributed by atoms with Crippen molar-refractivity contribution in [1.29, 1.82) is 0 Å². The average Bonchev–Trinajstić information content (AvgIpc) is 3.73. The highest BCUT2D eigenvalue weighted by atomic mass is 31.2. The summed E-state index contributed by atoms with van der Waals surface area (Å²) in [5.41, 5.74) is 2.46. The van der Waals surface area contributed by atoms with Gasteiger partial charge in [-0.1, -0.05) is 63.4 Å². The van der Waals surface area contributed by atoms with Gasteiger partial charge in [0.25, 0.3) is 5.91 Å².